The molecule has 0 aliphatic carbocycles. The Morgan fingerprint density at radius 3 is 2.61 bits per heavy atom. The van der Waals surface area contributed by atoms with Crippen LogP contribution in [0.3, 0.4) is 0 Å². The minimum Gasteiger partial charge on any atom is -0.341 e. The van der Waals surface area contributed by atoms with Crippen LogP contribution in [-0.4, -0.2) is 62.8 Å². The van der Waals surface area contributed by atoms with E-state index in [1.807, 2.05) is 39.8 Å². The minimum atomic E-state index is 0.0317. The van der Waals surface area contributed by atoms with Gasteiger partial charge in [-0.15, -0.1) is 0 Å². The van der Waals surface area contributed by atoms with E-state index in [2.05, 4.69) is 10.00 Å². The summed E-state index contributed by atoms with van der Waals surface area (Å²) in [6, 6.07) is 9.93. The number of benzene rings is 1. The summed E-state index contributed by atoms with van der Waals surface area (Å²) in [7, 11) is 0. The Bertz CT molecular complexity index is 857. The Balaban J connectivity index is 1.29. The zero-order valence-electron chi connectivity index (χ0n) is 16.4. The van der Waals surface area contributed by atoms with Crippen LogP contribution in [0.4, 0.5) is 0 Å². The number of nitrogens with zero attached hydrogens (tertiary/aromatic N) is 5. The molecule has 2 aliphatic heterocycles. The number of aromatic nitrogens is 3. The predicted octanol–water partition coefficient (Wildman–Crippen LogP) is 1.16. The van der Waals surface area contributed by atoms with E-state index in [-0.39, 0.29) is 11.6 Å². The predicted molar refractivity (Wildman–Crippen MR) is 107 cm³/mol. The Morgan fingerprint density at radius 2 is 1.79 bits per heavy atom. The number of hydrogen-bond donors (Lipinski definition) is 0. The van der Waals surface area contributed by atoms with Gasteiger partial charge in [0.2, 0.25) is 5.91 Å². The average molecular weight is 383 g/mol. The first-order valence-electron chi connectivity index (χ1n) is 10.4. The molecule has 2 aromatic rings. The maximum absolute atomic E-state index is 12.6. The van der Waals surface area contributed by atoms with E-state index in [0.717, 1.165) is 76.3 Å². The molecule has 0 spiro atoms. The minimum absolute atomic E-state index is 0.0317. The van der Waals surface area contributed by atoms with Gasteiger partial charge in [-0.1, -0.05) is 30.3 Å². The summed E-state index contributed by atoms with van der Waals surface area (Å²) in [4.78, 5) is 29.4. The number of fused-ring (bicyclic) bond motifs is 1. The van der Waals surface area contributed by atoms with E-state index in [4.69, 9.17) is 0 Å². The van der Waals surface area contributed by atoms with Crippen molar-refractivity contribution >= 4 is 5.91 Å². The van der Waals surface area contributed by atoms with E-state index in [1.54, 1.807) is 4.68 Å². The Kier molecular flexibility index (Phi) is 5.90. The summed E-state index contributed by atoms with van der Waals surface area (Å²) in [5.41, 5.74) is 1.10. The lowest BCUT2D eigenvalue weighted by Crippen LogP contribution is -2.37. The molecule has 1 aromatic heterocycles. The Morgan fingerprint density at radius 1 is 0.929 bits per heavy atom. The molecular formula is C21H29N5O2. The van der Waals surface area contributed by atoms with Gasteiger partial charge >= 0.3 is 5.69 Å². The van der Waals surface area contributed by atoms with Crippen molar-refractivity contribution in [1.29, 1.82) is 0 Å². The number of amides is 1. The second kappa shape index (κ2) is 8.73. The second-order valence-corrected chi connectivity index (χ2v) is 7.77. The van der Waals surface area contributed by atoms with Gasteiger partial charge in [0, 0.05) is 39.1 Å². The molecule has 2 aliphatic rings. The lowest BCUT2D eigenvalue weighted by molar-refractivity contribution is -0.130. The molecule has 4 rings (SSSR count). The largest absolute Gasteiger partial charge is 0.345 e. The molecule has 0 bridgehead atoms. The molecule has 1 amide bonds. The van der Waals surface area contributed by atoms with Crippen LogP contribution >= 0.6 is 0 Å². The van der Waals surface area contributed by atoms with Crippen molar-refractivity contribution in [2.45, 2.75) is 45.2 Å². The summed E-state index contributed by atoms with van der Waals surface area (Å²) in [6.07, 6.45) is 4.53. The molecule has 150 valence electrons. The van der Waals surface area contributed by atoms with Crippen molar-refractivity contribution in [3.63, 3.8) is 0 Å². The molecular weight excluding hydrogens is 354 g/mol. The molecule has 1 saturated heterocycles. The molecule has 1 fully saturated rings. The fourth-order valence-corrected chi connectivity index (χ4v) is 4.16. The van der Waals surface area contributed by atoms with Crippen molar-refractivity contribution in [3.05, 3.63) is 52.2 Å². The Labute approximate surface area is 165 Å². The molecule has 0 N–H and O–H groups in total. The highest BCUT2D eigenvalue weighted by Gasteiger charge is 2.20. The average Bonchev–Trinajstić information content (AvgIpc) is 2.89. The standard InChI is InChI=1S/C21H29N5O2/c27-20(17-18-7-2-1-3-8-18)24-11-6-10-23(13-15-24)14-16-26-21(28)25-12-5-4-9-19(25)22-26/h1-3,7-8H,4-6,9-17H2. The first-order valence-corrected chi connectivity index (χ1v) is 10.4. The van der Waals surface area contributed by atoms with Gasteiger partial charge in [0.25, 0.3) is 0 Å². The van der Waals surface area contributed by atoms with Crippen molar-refractivity contribution < 1.29 is 4.79 Å². The molecule has 7 heteroatoms. The normalized spacial score (nSPS) is 17.9. The van der Waals surface area contributed by atoms with Gasteiger partial charge in [-0.25, -0.2) is 9.48 Å². The van der Waals surface area contributed by atoms with Gasteiger partial charge in [0.1, 0.15) is 5.82 Å². The number of hydrogen-bond acceptors (Lipinski definition) is 4. The molecule has 0 saturated carbocycles. The smallest absolute Gasteiger partial charge is 0.341 e. The van der Waals surface area contributed by atoms with Gasteiger partial charge < -0.3 is 4.90 Å². The van der Waals surface area contributed by atoms with Crippen LogP contribution in [0.1, 0.15) is 30.7 Å². The molecule has 3 heterocycles. The highest BCUT2D eigenvalue weighted by atomic mass is 16.2. The first-order chi connectivity index (χ1) is 13.7. The third kappa shape index (κ3) is 4.35. The lowest BCUT2D eigenvalue weighted by Gasteiger charge is -2.22. The Hall–Kier alpha value is -2.41. The number of carbonyl (C=O) groups is 1. The van der Waals surface area contributed by atoms with Crippen molar-refractivity contribution in [2.24, 2.45) is 0 Å². The van der Waals surface area contributed by atoms with Crippen LogP contribution in [0.2, 0.25) is 0 Å². The monoisotopic (exact) mass is 383 g/mol. The van der Waals surface area contributed by atoms with Gasteiger partial charge in [-0.05, 0) is 31.4 Å². The number of carbonyl (C=O) groups excluding carboxylic acids is 1. The number of rotatable bonds is 5. The summed E-state index contributed by atoms with van der Waals surface area (Å²) in [6.45, 7) is 5.59. The maximum Gasteiger partial charge on any atom is 0.345 e. The van der Waals surface area contributed by atoms with Crippen LogP contribution in [0.25, 0.3) is 0 Å². The summed E-state index contributed by atoms with van der Waals surface area (Å²) in [5, 5.41) is 4.52. The number of aryl methyl sites for hydroxylation is 1. The summed E-state index contributed by atoms with van der Waals surface area (Å²) < 4.78 is 3.46. The first kappa shape index (κ1) is 18.9. The molecule has 28 heavy (non-hydrogen) atoms. The van der Waals surface area contributed by atoms with E-state index in [0.29, 0.717) is 13.0 Å². The summed E-state index contributed by atoms with van der Waals surface area (Å²) >= 11 is 0. The second-order valence-electron chi connectivity index (χ2n) is 7.77. The highest BCUT2D eigenvalue weighted by Crippen LogP contribution is 2.10. The third-order valence-electron chi connectivity index (χ3n) is 5.80. The quantitative estimate of drug-likeness (QED) is 0.777. The van der Waals surface area contributed by atoms with E-state index in [9.17, 15) is 9.59 Å². The van der Waals surface area contributed by atoms with Crippen molar-refractivity contribution in [1.82, 2.24) is 24.1 Å². The summed E-state index contributed by atoms with van der Waals surface area (Å²) in [5.74, 6) is 1.14. The van der Waals surface area contributed by atoms with Crippen LogP contribution in [-0.2, 0) is 30.7 Å². The van der Waals surface area contributed by atoms with Gasteiger partial charge in [0.05, 0.1) is 13.0 Å². The zero-order valence-corrected chi connectivity index (χ0v) is 16.4. The zero-order chi connectivity index (χ0) is 19.3. The van der Waals surface area contributed by atoms with Gasteiger partial charge in [0.15, 0.2) is 0 Å². The molecule has 0 atom stereocenters. The topological polar surface area (TPSA) is 63.4 Å². The van der Waals surface area contributed by atoms with E-state index < -0.39 is 0 Å². The van der Waals surface area contributed by atoms with Crippen LogP contribution < -0.4 is 5.69 Å². The van der Waals surface area contributed by atoms with E-state index in [1.165, 1.54) is 0 Å². The van der Waals surface area contributed by atoms with Crippen molar-refractivity contribution in [2.75, 3.05) is 32.7 Å². The van der Waals surface area contributed by atoms with Crippen LogP contribution in [0.5, 0.6) is 0 Å². The lowest BCUT2D eigenvalue weighted by atomic mass is 10.1. The molecule has 0 unspecified atom stereocenters. The molecule has 0 radical (unpaired) electrons. The van der Waals surface area contributed by atoms with Crippen LogP contribution in [0.15, 0.2) is 35.1 Å². The molecule has 1 aromatic carbocycles. The fraction of sp³-hybridized carbons (Fsp3) is 0.571. The highest BCUT2D eigenvalue weighted by molar-refractivity contribution is 5.78. The van der Waals surface area contributed by atoms with Crippen molar-refractivity contribution in [3.8, 4) is 0 Å². The van der Waals surface area contributed by atoms with E-state index >= 15 is 0 Å². The fourth-order valence-electron chi connectivity index (χ4n) is 4.16. The van der Waals surface area contributed by atoms with Gasteiger partial charge in [-0.3, -0.25) is 14.3 Å². The SMILES string of the molecule is O=C(Cc1ccccc1)N1CCCN(CCn2nc3n(c2=O)CCCC3)CC1. The molecule has 7 nitrogen and oxygen atoms in total. The van der Waals surface area contributed by atoms with Crippen LogP contribution in [0, 0.1) is 0 Å². The van der Waals surface area contributed by atoms with Gasteiger partial charge in [-0.2, -0.15) is 5.10 Å². The third-order valence-corrected chi connectivity index (χ3v) is 5.80. The maximum atomic E-state index is 12.6.